The third-order valence-corrected chi connectivity index (χ3v) is 6.80. The van der Waals surface area contributed by atoms with Gasteiger partial charge < -0.3 is 10.6 Å². The summed E-state index contributed by atoms with van der Waals surface area (Å²) in [7, 11) is 0. The van der Waals surface area contributed by atoms with Crippen LogP contribution in [0.4, 0.5) is 17.6 Å². The molecule has 0 bridgehead atoms. The normalized spacial score (nSPS) is 16.4. The van der Waals surface area contributed by atoms with Crippen LogP contribution in [0.15, 0.2) is 53.9 Å². The van der Waals surface area contributed by atoms with E-state index in [1.807, 2.05) is 4.90 Å². The summed E-state index contributed by atoms with van der Waals surface area (Å²) in [5.74, 6) is -1.05. The second kappa shape index (κ2) is 11.8. The largest absolute Gasteiger partial charge is 0.416 e. The molecule has 6 nitrogen and oxygen atoms in total. The summed E-state index contributed by atoms with van der Waals surface area (Å²) in [6.45, 7) is 1.36. The van der Waals surface area contributed by atoms with Crippen molar-refractivity contribution in [1.29, 1.82) is 0 Å². The van der Waals surface area contributed by atoms with E-state index in [1.54, 1.807) is 23.6 Å². The van der Waals surface area contributed by atoms with Crippen LogP contribution in [0, 0.1) is 5.82 Å². The number of hydrogen-bond donors (Lipinski definition) is 2. The molecule has 37 heavy (non-hydrogen) atoms. The smallest absolute Gasteiger partial charge is 0.354 e. The summed E-state index contributed by atoms with van der Waals surface area (Å²) >= 11 is 1.25. The summed E-state index contributed by atoms with van der Waals surface area (Å²) in [4.78, 5) is 31.1. The number of amides is 2. The molecule has 2 heterocycles. The fourth-order valence-electron chi connectivity index (χ4n) is 4.11. The monoisotopic (exact) mass is 534 g/mol. The van der Waals surface area contributed by atoms with Gasteiger partial charge in [0.2, 0.25) is 5.91 Å². The molecule has 196 valence electrons. The second-order valence-electron chi connectivity index (χ2n) is 8.91. The van der Waals surface area contributed by atoms with Crippen LogP contribution in [-0.2, 0) is 30.6 Å². The Hall–Kier alpha value is -3.31. The zero-order chi connectivity index (χ0) is 26.4. The van der Waals surface area contributed by atoms with Crippen molar-refractivity contribution in [2.45, 2.75) is 51.1 Å². The first-order valence-corrected chi connectivity index (χ1v) is 12.7. The van der Waals surface area contributed by atoms with E-state index in [2.05, 4.69) is 15.6 Å². The maximum Gasteiger partial charge on any atom is 0.416 e. The molecule has 0 radical (unpaired) electrons. The van der Waals surface area contributed by atoms with Crippen molar-refractivity contribution in [3.63, 3.8) is 0 Å². The van der Waals surface area contributed by atoms with Gasteiger partial charge in [-0.2, -0.15) is 13.2 Å². The minimum absolute atomic E-state index is 0.179. The molecular weight excluding hydrogens is 508 g/mol. The highest BCUT2D eigenvalue weighted by atomic mass is 32.1. The van der Waals surface area contributed by atoms with Gasteiger partial charge in [-0.25, -0.2) is 9.37 Å². The number of alkyl halides is 3. The fourth-order valence-corrected chi connectivity index (χ4v) is 4.92. The van der Waals surface area contributed by atoms with Crippen molar-refractivity contribution < 1.29 is 27.2 Å². The molecule has 0 aliphatic carbocycles. The van der Waals surface area contributed by atoms with E-state index in [1.165, 1.54) is 29.5 Å². The molecule has 2 amide bonds. The first-order valence-electron chi connectivity index (χ1n) is 11.8. The van der Waals surface area contributed by atoms with E-state index in [-0.39, 0.29) is 30.5 Å². The number of benzene rings is 2. The van der Waals surface area contributed by atoms with Gasteiger partial charge in [-0.3, -0.25) is 14.5 Å². The number of aromatic nitrogens is 1. The van der Waals surface area contributed by atoms with Gasteiger partial charge in [-0.15, -0.1) is 11.3 Å². The van der Waals surface area contributed by atoms with Crippen molar-refractivity contribution in [2.24, 2.45) is 0 Å². The van der Waals surface area contributed by atoms with Crippen LogP contribution >= 0.6 is 11.3 Å². The Morgan fingerprint density at radius 2 is 1.84 bits per heavy atom. The first kappa shape index (κ1) is 26.7. The summed E-state index contributed by atoms with van der Waals surface area (Å²) in [5, 5.41) is 7.69. The van der Waals surface area contributed by atoms with Crippen molar-refractivity contribution in [3.05, 3.63) is 87.1 Å². The lowest BCUT2D eigenvalue weighted by atomic mass is 10.1. The highest BCUT2D eigenvalue weighted by Gasteiger charge is 2.30. The van der Waals surface area contributed by atoms with Crippen LogP contribution in [0.2, 0.25) is 0 Å². The zero-order valence-electron chi connectivity index (χ0n) is 19.9. The van der Waals surface area contributed by atoms with E-state index in [4.69, 9.17) is 0 Å². The lowest BCUT2D eigenvalue weighted by Crippen LogP contribution is -2.45. The maximum absolute atomic E-state index is 13.4. The third kappa shape index (κ3) is 7.59. The number of nitrogens with zero attached hydrogens (tertiary/aromatic N) is 2. The minimum Gasteiger partial charge on any atom is -0.354 e. The Labute approximate surface area is 215 Å². The Kier molecular flexibility index (Phi) is 8.55. The molecule has 1 saturated heterocycles. The number of carbonyl (C=O) groups is 2. The summed E-state index contributed by atoms with van der Waals surface area (Å²) in [6, 6.07) is 10.4. The van der Waals surface area contributed by atoms with Crippen LogP contribution < -0.4 is 10.6 Å². The zero-order valence-corrected chi connectivity index (χ0v) is 20.7. The second-order valence-corrected chi connectivity index (χ2v) is 9.85. The van der Waals surface area contributed by atoms with Crippen molar-refractivity contribution in [1.82, 2.24) is 20.5 Å². The summed E-state index contributed by atoms with van der Waals surface area (Å²) in [6.07, 6.45) is -2.23. The van der Waals surface area contributed by atoms with Crippen molar-refractivity contribution >= 4 is 23.2 Å². The third-order valence-electron chi connectivity index (χ3n) is 5.96. The molecule has 0 saturated carbocycles. The van der Waals surface area contributed by atoms with Crippen LogP contribution in [0.1, 0.15) is 51.4 Å². The van der Waals surface area contributed by atoms with E-state index >= 15 is 0 Å². The molecule has 1 aromatic heterocycles. The maximum atomic E-state index is 13.4. The summed E-state index contributed by atoms with van der Waals surface area (Å²) < 4.78 is 53.0. The standard InChI is InChI=1S/C26H26F4N4O2S/c27-20-9-7-17(8-10-20)13-34(14-18-4-3-5-19(12-18)26(28,29)30)15-23-32-22(16-37-23)25(36)33-21-6-1-2-11-31-24(21)35/h3-5,7-10,12,16,21H,1-2,6,11,13-15H2,(H,31,35)(H,33,36). The van der Waals surface area contributed by atoms with Crippen molar-refractivity contribution in [3.8, 4) is 0 Å². The molecule has 2 N–H and O–H groups in total. The van der Waals surface area contributed by atoms with Crippen LogP contribution in [-0.4, -0.2) is 34.3 Å². The van der Waals surface area contributed by atoms with Gasteiger partial charge in [0, 0.05) is 25.0 Å². The lowest BCUT2D eigenvalue weighted by Gasteiger charge is -2.22. The predicted molar refractivity (Wildman–Crippen MR) is 131 cm³/mol. The number of nitrogens with one attached hydrogen (secondary N) is 2. The quantitative estimate of drug-likeness (QED) is 0.403. The van der Waals surface area contributed by atoms with Crippen molar-refractivity contribution in [2.75, 3.05) is 6.54 Å². The van der Waals surface area contributed by atoms with E-state index in [0.29, 0.717) is 30.1 Å². The molecule has 1 aliphatic heterocycles. The van der Waals surface area contributed by atoms with Gasteiger partial charge in [-0.05, 0) is 48.6 Å². The molecular formula is C26H26F4N4O2S. The van der Waals surface area contributed by atoms with Gasteiger partial charge in [0.15, 0.2) is 0 Å². The predicted octanol–water partition coefficient (Wildman–Crippen LogP) is 4.90. The van der Waals surface area contributed by atoms with Crippen LogP contribution in [0.25, 0.3) is 0 Å². The van der Waals surface area contributed by atoms with E-state index in [0.717, 1.165) is 30.5 Å². The number of rotatable bonds is 8. The highest BCUT2D eigenvalue weighted by molar-refractivity contribution is 7.09. The molecule has 1 aliphatic rings. The first-order chi connectivity index (χ1) is 17.7. The highest BCUT2D eigenvalue weighted by Crippen LogP contribution is 2.30. The van der Waals surface area contributed by atoms with Gasteiger partial charge in [0.1, 0.15) is 22.6 Å². The van der Waals surface area contributed by atoms with Crippen LogP contribution in [0.5, 0.6) is 0 Å². The van der Waals surface area contributed by atoms with E-state index in [9.17, 15) is 27.2 Å². The van der Waals surface area contributed by atoms with Gasteiger partial charge in [0.25, 0.3) is 5.91 Å². The Bertz CT molecular complexity index is 1230. The van der Waals surface area contributed by atoms with Gasteiger partial charge in [-0.1, -0.05) is 30.3 Å². The molecule has 4 rings (SSSR count). The van der Waals surface area contributed by atoms with Gasteiger partial charge >= 0.3 is 6.18 Å². The molecule has 0 spiro atoms. The molecule has 1 fully saturated rings. The molecule has 11 heteroatoms. The molecule has 1 unspecified atom stereocenters. The lowest BCUT2D eigenvalue weighted by molar-refractivity contribution is -0.137. The molecule has 2 aromatic carbocycles. The Balaban J connectivity index is 1.49. The number of hydrogen-bond acceptors (Lipinski definition) is 5. The summed E-state index contributed by atoms with van der Waals surface area (Å²) in [5.41, 5.74) is 0.688. The number of carbonyl (C=O) groups excluding carboxylic acids is 2. The van der Waals surface area contributed by atoms with Crippen LogP contribution in [0.3, 0.4) is 0 Å². The Morgan fingerprint density at radius 1 is 1.08 bits per heavy atom. The Morgan fingerprint density at radius 3 is 2.59 bits per heavy atom. The fraction of sp³-hybridized carbons (Fsp3) is 0.346. The topological polar surface area (TPSA) is 74.3 Å². The average molecular weight is 535 g/mol. The minimum atomic E-state index is -4.45. The SMILES string of the molecule is O=C(NC1CCCCNC1=O)c1csc(CN(Cc2ccc(F)cc2)Cc2cccc(C(F)(F)F)c2)n1. The van der Waals surface area contributed by atoms with Gasteiger partial charge in [0.05, 0.1) is 12.1 Å². The average Bonchev–Trinajstić information content (AvgIpc) is 3.23. The molecule has 3 aromatic rings. The number of halogens is 4. The van der Waals surface area contributed by atoms with E-state index < -0.39 is 23.7 Å². The number of thiazole rings is 1. The molecule has 1 atom stereocenters.